The maximum Gasteiger partial charge on any atom is 0.411 e. The van der Waals surface area contributed by atoms with Crippen LogP contribution in [0, 0.1) is 0 Å². The number of hydrogen-bond donors (Lipinski definition) is 1. The molecule has 1 N–H and O–H groups in total. The first-order valence-corrected chi connectivity index (χ1v) is 5.18. The van der Waals surface area contributed by atoms with E-state index < -0.39 is 5.60 Å². The van der Waals surface area contributed by atoms with Gasteiger partial charge in [-0.05, 0) is 20.8 Å². The molecule has 0 aromatic heterocycles. The second-order valence-electron chi connectivity index (χ2n) is 4.31. The number of carbonyl (C=O) groups excluding carboxylic acids is 1. The van der Waals surface area contributed by atoms with Crippen LogP contribution in [0.5, 0.6) is 0 Å². The lowest BCUT2D eigenvalue weighted by molar-refractivity contribution is 0.0195. The number of alkyl halides is 1. The van der Waals surface area contributed by atoms with E-state index in [9.17, 15) is 4.79 Å². The molecule has 0 aromatic carbocycles. The average Bonchev–Trinajstić information content (AvgIpc) is 2.01. The Morgan fingerprint density at radius 2 is 2.21 bits per heavy atom. The second kappa shape index (κ2) is 4.36. The highest BCUT2D eigenvalue weighted by Crippen LogP contribution is 2.14. The molecule has 1 rings (SSSR count). The molecule has 5 heteroatoms. The highest BCUT2D eigenvalue weighted by Gasteiger charge is 2.28. The average molecular weight is 221 g/mol. The maximum atomic E-state index is 11.6. The number of carbonyl (C=O) groups is 1. The Balaban J connectivity index is 2.50. The van der Waals surface area contributed by atoms with Gasteiger partial charge in [-0.2, -0.15) is 0 Å². The number of piperazine rings is 1. The first-order valence-electron chi connectivity index (χ1n) is 4.74. The van der Waals surface area contributed by atoms with Crippen LogP contribution in [0.25, 0.3) is 0 Å². The van der Waals surface area contributed by atoms with Crippen molar-refractivity contribution in [1.29, 1.82) is 0 Å². The molecule has 1 saturated heterocycles. The summed E-state index contributed by atoms with van der Waals surface area (Å²) >= 11 is 5.97. The van der Waals surface area contributed by atoms with Gasteiger partial charge in [0.1, 0.15) is 11.1 Å². The van der Waals surface area contributed by atoms with Crippen molar-refractivity contribution in [1.82, 2.24) is 10.2 Å². The number of ether oxygens (including phenoxy) is 1. The van der Waals surface area contributed by atoms with Crippen molar-refractivity contribution in [2.75, 3.05) is 19.6 Å². The van der Waals surface area contributed by atoms with Crippen LogP contribution in [0.15, 0.2) is 0 Å². The summed E-state index contributed by atoms with van der Waals surface area (Å²) in [6, 6.07) is 0. The smallest absolute Gasteiger partial charge is 0.411 e. The molecular weight excluding hydrogens is 204 g/mol. The van der Waals surface area contributed by atoms with Gasteiger partial charge in [-0.3, -0.25) is 4.90 Å². The van der Waals surface area contributed by atoms with E-state index in [0.29, 0.717) is 13.1 Å². The minimum atomic E-state index is -0.460. The van der Waals surface area contributed by atoms with Gasteiger partial charge in [0.15, 0.2) is 0 Å². The Morgan fingerprint density at radius 1 is 1.57 bits per heavy atom. The van der Waals surface area contributed by atoms with Crippen molar-refractivity contribution < 1.29 is 9.53 Å². The molecule has 1 heterocycles. The number of hydrogen-bond acceptors (Lipinski definition) is 3. The summed E-state index contributed by atoms with van der Waals surface area (Å²) in [6.45, 7) is 7.51. The maximum absolute atomic E-state index is 11.6. The fraction of sp³-hybridized carbons (Fsp3) is 0.889. The molecule has 1 aliphatic rings. The van der Waals surface area contributed by atoms with Gasteiger partial charge in [0, 0.05) is 19.6 Å². The summed E-state index contributed by atoms with van der Waals surface area (Å²) < 4.78 is 5.22. The monoisotopic (exact) mass is 220 g/mol. The van der Waals surface area contributed by atoms with Gasteiger partial charge >= 0.3 is 6.09 Å². The van der Waals surface area contributed by atoms with E-state index in [1.54, 1.807) is 4.90 Å². The summed E-state index contributed by atoms with van der Waals surface area (Å²) in [6.07, 6.45) is -0.334. The number of nitrogens with zero attached hydrogens (tertiary/aromatic N) is 1. The van der Waals surface area contributed by atoms with E-state index in [1.807, 2.05) is 20.8 Å². The van der Waals surface area contributed by atoms with Crippen LogP contribution in [-0.4, -0.2) is 41.7 Å². The third-order valence-corrected chi connectivity index (χ3v) is 2.20. The molecule has 0 saturated carbocycles. The predicted octanol–water partition coefficient (Wildman–Crippen LogP) is 1.39. The van der Waals surface area contributed by atoms with Crippen molar-refractivity contribution in [2.45, 2.75) is 31.9 Å². The van der Waals surface area contributed by atoms with Crippen molar-refractivity contribution in [3.63, 3.8) is 0 Å². The zero-order valence-electron chi connectivity index (χ0n) is 8.84. The molecule has 1 fully saturated rings. The van der Waals surface area contributed by atoms with E-state index in [-0.39, 0.29) is 11.6 Å². The number of halogens is 1. The standard InChI is InChI=1S/C9H17ClN2O2/c1-9(2,3)14-8(13)12-5-4-11-6-7(12)10/h7,11H,4-6H2,1-3H3. The molecule has 0 bridgehead atoms. The fourth-order valence-corrected chi connectivity index (χ4v) is 1.48. The van der Waals surface area contributed by atoms with E-state index >= 15 is 0 Å². The Bertz CT molecular complexity index is 215. The van der Waals surface area contributed by atoms with Gasteiger partial charge in [0.2, 0.25) is 0 Å². The zero-order valence-corrected chi connectivity index (χ0v) is 9.60. The molecule has 4 nitrogen and oxygen atoms in total. The van der Waals surface area contributed by atoms with Gasteiger partial charge in [-0.15, -0.1) is 0 Å². The molecule has 14 heavy (non-hydrogen) atoms. The third-order valence-electron chi connectivity index (χ3n) is 1.81. The number of amides is 1. The molecule has 0 aliphatic carbocycles. The molecule has 1 atom stereocenters. The summed E-state index contributed by atoms with van der Waals surface area (Å²) in [4.78, 5) is 13.2. The van der Waals surface area contributed by atoms with E-state index in [4.69, 9.17) is 16.3 Å². The summed E-state index contributed by atoms with van der Waals surface area (Å²) in [5.74, 6) is 0. The summed E-state index contributed by atoms with van der Waals surface area (Å²) in [5.41, 5.74) is -0.767. The predicted molar refractivity (Wildman–Crippen MR) is 55.5 cm³/mol. The molecule has 1 aliphatic heterocycles. The molecule has 1 unspecified atom stereocenters. The Labute approximate surface area is 89.5 Å². The minimum absolute atomic E-state index is 0.307. The topological polar surface area (TPSA) is 41.6 Å². The fourth-order valence-electron chi connectivity index (χ4n) is 1.20. The van der Waals surface area contributed by atoms with Crippen molar-refractivity contribution in [2.24, 2.45) is 0 Å². The molecule has 0 aromatic rings. The first-order chi connectivity index (χ1) is 6.40. The van der Waals surface area contributed by atoms with Crippen LogP contribution in [0.1, 0.15) is 20.8 Å². The Morgan fingerprint density at radius 3 is 2.71 bits per heavy atom. The van der Waals surface area contributed by atoms with E-state index in [1.165, 1.54) is 0 Å². The van der Waals surface area contributed by atoms with Crippen LogP contribution < -0.4 is 5.32 Å². The first kappa shape index (κ1) is 11.6. The normalized spacial score (nSPS) is 23.4. The van der Waals surface area contributed by atoms with Crippen molar-refractivity contribution in [3.05, 3.63) is 0 Å². The Hall–Kier alpha value is -0.480. The number of rotatable bonds is 0. The highest BCUT2D eigenvalue weighted by atomic mass is 35.5. The lowest BCUT2D eigenvalue weighted by atomic mass is 10.2. The summed E-state index contributed by atoms with van der Waals surface area (Å²) in [7, 11) is 0. The van der Waals surface area contributed by atoms with Crippen LogP contribution in [0.4, 0.5) is 4.79 Å². The van der Waals surface area contributed by atoms with Crippen molar-refractivity contribution in [3.8, 4) is 0 Å². The number of nitrogens with one attached hydrogen (secondary N) is 1. The Kier molecular flexibility index (Phi) is 3.61. The van der Waals surface area contributed by atoms with Crippen LogP contribution >= 0.6 is 11.6 Å². The van der Waals surface area contributed by atoms with Crippen LogP contribution in [-0.2, 0) is 4.74 Å². The van der Waals surface area contributed by atoms with Gasteiger partial charge in [0.25, 0.3) is 0 Å². The van der Waals surface area contributed by atoms with Crippen LogP contribution in [0.3, 0.4) is 0 Å². The zero-order chi connectivity index (χ0) is 10.8. The quantitative estimate of drug-likeness (QED) is 0.496. The van der Waals surface area contributed by atoms with Gasteiger partial charge in [0.05, 0.1) is 0 Å². The van der Waals surface area contributed by atoms with Crippen LogP contribution in [0.2, 0.25) is 0 Å². The SMILES string of the molecule is CC(C)(C)OC(=O)N1CCNCC1Cl. The molecule has 0 radical (unpaired) electrons. The molecule has 0 spiro atoms. The van der Waals surface area contributed by atoms with Crippen molar-refractivity contribution >= 4 is 17.7 Å². The minimum Gasteiger partial charge on any atom is -0.444 e. The summed E-state index contributed by atoms with van der Waals surface area (Å²) in [5, 5.41) is 3.10. The highest BCUT2D eigenvalue weighted by molar-refractivity contribution is 6.21. The molecular formula is C9H17ClN2O2. The lowest BCUT2D eigenvalue weighted by Gasteiger charge is -2.33. The largest absolute Gasteiger partial charge is 0.444 e. The molecule has 1 amide bonds. The van der Waals surface area contributed by atoms with E-state index in [2.05, 4.69) is 5.32 Å². The second-order valence-corrected chi connectivity index (χ2v) is 4.82. The van der Waals surface area contributed by atoms with Gasteiger partial charge < -0.3 is 10.1 Å². The van der Waals surface area contributed by atoms with E-state index in [0.717, 1.165) is 6.54 Å². The van der Waals surface area contributed by atoms with Gasteiger partial charge in [-0.25, -0.2) is 4.79 Å². The lowest BCUT2D eigenvalue weighted by Crippen LogP contribution is -2.52. The molecule has 82 valence electrons. The van der Waals surface area contributed by atoms with Gasteiger partial charge in [-0.1, -0.05) is 11.6 Å². The third kappa shape index (κ3) is 3.35.